The Balaban J connectivity index is 1.91. The number of carbonyl (C=O) groups excluding carboxylic acids is 1. The zero-order valence-corrected chi connectivity index (χ0v) is 17.7. The van der Waals surface area contributed by atoms with E-state index in [4.69, 9.17) is 9.47 Å². The maximum Gasteiger partial charge on any atom is 0.254 e. The highest BCUT2D eigenvalue weighted by molar-refractivity contribution is 7.89. The van der Waals surface area contributed by atoms with E-state index in [9.17, 15) is 13.2 Å². The van der Waals surface area contributed by atoms with Crippen LogP contribution >= 0.6 is 0 Å². The summed E-state index contributed by atoms with van der Waals surface area (Å²) in [6, 6.07) is 4.81. The van der Waals surface area contributed by atoms with Crippen molar-refractivity contribution in [2.24, 2.45) is 0 Å². The molecular formula is C20H30N2O5S. The molecule has 0 spiro atoms. The van der Waals surface area contributed by atoms with Gasteiger partial charge in [-0.1, -0.05) is 19.9 Å². The van der Waals surface area contributed by atoms with Crippen LogP contribution in [0.2, 0.25) is 0 Å². The highest BCUT2D eigenvalue weighted by atomic mass is 32.2. The molecule has 2 aliphatic rings. The topological polar surface area (TPSA) is 76.2 Å². The van der Waals surface area contributed by atoms with Crippen molar-refractivity contribution < 1.29 is 22.7 Å². The van der Waals surface area contributed by atoms with Crippen LogP contribution in [-0.4, -0.2) is 68.7 Å². The first-order valence-corrected chi connectivity index (χ1v) is 11.5. The van der Waals surface area contributed by atoms with E-state index >= 15 is 0 Å². The van der Waals surface area contributed by atoms with E-state index in [2.05, 4.69) is 0 Å². The second kappa shape index (κ2) is 8.90. The van der Waals surface area contributed by atoms with Crippen molar-refractivity contribution in [3.8, 4) is 0 Å². The normalized spacial score (nSPS) is 21.4. The number of carbonyl (C=O) groups is 1. The van der Waals surface area contributed by atoms with Crippen molar-refractivity contribution in [1.29, 1.82) is 0 Å². The van der Waals surface area contributed by atoms with E-state index < -0.39 is 16.3 Å². The number of likely N-dealkylation sites (tertiary alicyclic amines) is 1. The Hall–Kier alpha value is -1.48. The maximum absolute atomic E-state index is 13.3. The van der Waals surface area contributed by atoms with Gasteiger partial charge in [-0.05, 0) is 43.9 Å². The first kappa shape index (κ1) is 21.2. The fourth-order valence-corrected chi connectivity index (χ4v) is 5.68. The van der Waals surface area contributed by atoms with Crippen LogP contribution in [0.4, 0.5) is 0 Å². The molecule has 8 heteroatoms. The van der Waals surface area contributed by atoms with Crippen molar-refractivity contribution in [2.45, 2.75) is 57.3 Å². The van der Waals surface area contributed by atoms with Gasteiger partial charge in [-0.25, -0.2) is 8.42 Å². The van der Waals surface area contributed by atoms with Gasteiger partial charge in [0.2, 0.25) is 10.0 Å². The molecule has 1 unspecified atom stereocenters. The van der Waals surface area contributed by atoms with Crippen LogP contribution < -0.4 is 0 Å². The second-order valence-electron chi connectivity index (χ2n) is 7.24. The zero-order chi connectivity index (χ0) is 20.3. The monoisotopic (exact) mass is 410 g/mol. The molecule has 0 saturated carbocycles. The Morgan fingerprint density at radius 3 is 2.50 bits per heavy atom. The van der Waals surface area contributed by atoms with E-state index in [1.807, 2.05) is 13.8 Å². The summed E-state index contributed by atoms with van der Waals surface area (Å²) in [5.41, 5.74) is 1.03. The van der Waals surface area contributed by atoms with Crippen LogP contribution in [0.25, 0.3) is 0 Å². The first-order valence-electron chi connectivity index (χ1n) is 10.0. The number of hydrogen-bond acceptors (Lipinski definition) is 5. The first-order chi connectivity index (χ1) is 13.4. The van der Waals surface area contributed by atoms with E-state index in [-0.39, 0.29) is 16.8 Å². The molecule has 1 aromatic rings. The van der Waals surface area contributed by atoms with Crippen LogP contribution in [0.3, 0.4) is 0 Å². The summed E-state index contributed by atoms with van der Waals surface area (Å²) >= 11 is 0. The molecule has 0 radical (unpaired) electrons. The molecule has 28 heavy (non-hydrogen) atoms. The van der Waals surface area contributed by atoms with Crippen molar-refractivity contribution in [3.05, 3.63) is 29.3 Å². The lowest BCUT2D eigenvalue weighted by Gasteiger charge is -2.38. The third-order valence-electron chi connectivity index (χ3n) is 5.53. The molecule has 1 atom stereocenters. The van der Waals surface area contributed by atoms with E-state index in [0.717, 1.165) is 19.3 Å². The minimum atomic E-state index is -3.63. The van der Waals surface area contributed by atoms with Gasteiger partial charge in [0.15, 0.2) is 6.29 Å². The van der Waals surface area contributed by atoms with Gasteiger partial charge >= 0.3 is 0 Å². The lowest BCUT2D eigenvalue weighted by Crippen LogP contribution is -2.50. The average Bonchev–Trinajstić information content (AvgIpc) is 3.23. The molecular weight excluding hydrogens is 380 g/mol. The molecule has 0 aromatic heterocycles. The summed E-state index contributed by atoms with van der Waals surface area (Å²) in [6.45, 7) is 7.87. The van der Waals surface area contributed by atoms with Crippen LogP contribution in [0, 0.1) is 6.92 Å². The number of rotatable bonds is 6. The van der Waals surface area contributed by atoms with Gasteiger partial charge in [0.05, 0.1) is 24.2 Å². The number of piperidine rings is 1. The minimum Gasteiger partial charge on any atom is -0.348 e. The third kappa shape index (κ3) is 4.10. The smallest absolute Gasteiger partial charge is 0.254 e. The Labute approximate surface area is 167 Å². The summed E-state index contributed by atoms with van der Waals surface area (Å²) in [6.07, 6.45) is 2.37. The molecule has 0 bridgehead atoms. The summed E-state index contributed by atoms with van der Waals surface area (Å²) in [7, 11) is -3.63. The molecule has 7 nitrogen and oxygen atoms in total. The Bertz CT molecular complexity index is 801. The van der Waals surface area contributed by atoms with Gasteiger partial charge in [-0.15, -0.1) is 0 Å². The van der Waals surface area contributed by atoms with E-state index in [1.165, 1.54) is 10.4 Å². The van der Waals surface area contributed by atoms with Crippen molar-refractivity contribution in [1.82, 2.24) is 9.21 Å². The summed E-state index contributed by atoms with van der Waals surface area (Å²) < 4.78 is 38.7. The van der Waals surface area contributed by atoms with Crippen molar-refractivity contribution in [2.75, 3.05) is 32.8 Å². The molecule has 156 valence electrons. The standard InChI is InChI=1S/C20H30N2O5S/c1-4-21(5-2)28(24,25)18-14-16(10-9-15(18)3)19(23)22-11-7-6-8-17(22)20-26-12-13-27-20/h9-10,14,17,20H,4-8,11-13H2,1-3H3. The van der Waals surface area contributed by atoms with E-state index in [0.29, 0.717) is 44.0 Å². The molecule has 1 aromatic carbocycles. The van der Waals surface area contributed by atoms with E-state index in [1.54, 1.807) is 24.0 Å². The zero-order valence-electron chi connectivity index (χ0n) is 16.9. The lowest BCUT2D eigenvalue weighted by atomic mass is 10.00. The fraction of sp³-hybridized carbons (Fsp3) is 0.650. The molecule has 2 heterocycles. The number of amides is 1. The minimum absolute atomic E-state index is 0.132. The molecule has 0 N–H and O–H groups in total. The highest BCUT2D eigenvalue weighted by Gasteiger charge is 2.37. The molecule has 3 rings (SSSR count). The van der Waals surface area contributed by atoms with Crippen molar-refractivity contribution in [3.63, 3.8) is 0 Å². The van der Waals surface area contributed by atoms with Gasteiger partial charge < -0.3 is 14.4 Å². The van der Waals surface area contributed by atoms with Gasteiger partial charge in [0.25, 0.3) is 5.91 Å². The molecule has 0 aliphatic carbocycles. The summed E-state index contributed by atoms with van der Waals surface area (Å²) in [4.78, 5) is 15.3. The van der Waals surface area contributed by atoms with Gasteiger partial charge in [0, 0.05) is 25.2 Å². The Kier molecular flexibility index (Phi) is 6.75. The predicted molar refractivity (Wildman–Crippen MR) is 106 cm³/mol. The van der Waals surface area contributed by atoms with Gasteiger partial charge in [-0.3, -0.25) is 4.79 Å². The number of sulfonamides is 1. The lowest BCUT2D eigenvalue weighted by molar-refractivity contribution is -0.100. The number of benzene rings is 1. The quantitative estimate of drug-likeness (QED) is 0.720. The Morgan fingerprint density at radius 2 is 1.86 bits per heavy atom. The number of nitrogens with zero attached hydrogens (tertiary/aromatic N) is 2. The third-order valence-corrected chi connectivity index (χ3v) is 7.72. The molecule has 2 saturated heterocycles. The molecule has 1 amide bonds. The van der Waals surface area contributed by atoms with Crippen LogP contribution in [0.1, 0.15) is 49.0 Å². The number of aryl methyl sites for hydroxylation is 1. The summed E-state index contributed by atoms with van der Waals surface area (Å²) in [5, 5.41) is 0. The summed E-state index contributed by atoms with van der Waals surface area (Å²) in [5.74, 6) is -0.167. The van der Waals surface area contributed by atoms with Gasteiger partial charge in [0.1, 0.15) is 0 Å². The fourth-order valence-electron chi connectivity index (χ4n) is 3.97. The number of ether oxygens (including phenoxy) is 2. The molecule has 2 aliphatic heterocycles. The number of hydrogen-bond donors (Lipinski definition) is 0. The predicted octanol–water partition coefficient (Wildman–Crippen LogP) is 2.39. The average molecular weight is 411 g/mol. The SMILES string of the molecule is CCN(CC)S(=O)(=O)c1cc(C(=O)N2CCCCC2C2OCCO2)ccc1C. The van der Waals surface area contributed by atoms with Gasteiger partial charge in [-0.2, -0.15) is 4.31 Å². The van der Waals surface area contributed by atoms with Crippen molar-refractivity contribution >= 4 is 15.9 Å². The Morgan fingerprint density at radius 1 is 1.18 bits per heavy atom. The second-order valence-corrected chi connectivity index (χ2v) is 9.15. The molecule has 2 fully saturated rings. The van der Waals surface area contributed by atoms with Crippen LogP contribution in [-0.2, 0) is 19.5 Å². The van der Waals surface area contributed by atoms with Crippen LogP contribution in [0.15, 0.2) is 23.1 Å². The highest BCUT2D eigenvalue weighted by Crippen LogP contribution is 2.28. The van der Waals surface area contributed by atoms with Crippen LogP contribution in [0.5, 0.6) is 0 Å². The maximum atomic E-state index is 13.3. The largest absolute Gasteiger partial charge is 0.348 e.